The molecular weight excluding hydrogens is 506 g/mol. The molecule has 8 nitrogen and oxygen atoms in total. The standard InChI is InChI=1S/C20H24BrN3O5S2/c1-16-7-9-17(10-8-16)31(28,29)23-13-11-22(12-14-23)20(25)15-24(30(2,26)27)19-6-4-3-5-18(19)21/h3-10H,11-15H2,1-2H3. The molecule has 1 aliphatic rings. The Kier molecular flexibility index (Phi) is 7.09. The third-order valence-electron chi connectivity index (χ3n) is 5.05. The summed E-state index contributed by atoms with van der Waals surface area (Å²) in [4.78, 5) is 14.6. The molecule has 0 unspecified atom stereocenters. The Morgan fingerprint density at radius 2 is 1.55 bits per heavy atom. The van der Waals surface area contributed by atoms with Crippen LogP contribution in [0.25, 0.3) is 0 Å². The number of carbonyl (C=O) groups is 1. The SMILES string of the molecule is Cc1ccc(S(=O)(=O)N2CCN(C(=O)CN(c3ccccc3Br)S(C)(=O)=O)CC2)cc1. The first-order valence-corrected chi connectivity index (χ1v) is 13.6. The Labute approximate surface area is 191 Å². The molecule has 2 aromatic carbocycles. The van der Waals surface area contributed by atoms with E-state index in [0.29, 0.717) is 10.2 Å². The van der Waals surface area contributed by atoms with E-state index in [1.807, 2.05) is 6.92 Å². The predicted octanol–water partition coefficient (Wildman–Crippen LogP) is 2.06. The second-order valence-electron chi connectivity index (χ2n) is 7.32. The number of amides is 1. The average Bonchev–Trinajstić information content (AvgIpc) is 2.72. The molecule has 1 fully saturated rings. The summed E-state index contributed by atoms with van der Waals surface area (Å²) in [6, 6.07) is 13.4. The quantitative estimate of drug-likeness (QED) is 0.570. The maximum atomic E-state index is 12.8. The summed E-state index contributed by atoms with van der Waals surface area (Å²) in [5.74, 6) is -0.381. The normalized spacial score (nSPS) is 15.6. The van der Waals surface area contributed by atoms with Gasteiger partial charge >= 0.3 is 0 Å². The Hall–Kier alpha value is -1.95. The van der Waals surface area contributed by atoms with E-state index in [-0.39, 0.29) is 43.5 Å². The number of hydrogen-bond acceptors (Lipinski definition) is 5. The van der Waals surface area contributed by atoms with E-state index >= 15 is 0 Å². The van der Waals surface area contributed by atoms with Crippen molar-refractivity contribution in [1.82, 2.24) is 9.21 Å². The zero-order valence-corrected chi connectivity index (χ0v) is 20.5. The van der Waals surface area contributed by atoms with Gasteiger partial charge in [-0.25, -0.2) is 16.8 Å². The number of sulfonamides is 2. The van der Waals surface area contributed by atoms with Crippen LogP contribution in [-0.4, -0.2) is 70.9 Å². The van der Waals surface area contributed by atoms with Crippen molar-refractivity contribution >= 4 is 47.6 Å². The zero-order chi connectivity index (χ0) is 22.8. The number of rotatable bonds is 6. The highest BCUT2D eigenvalue weighted by molar-refractivity contribution is 9.10. The number of nitrogens with zero attached hydrogens (tertiary/aromatic N) is 3. The molecule has 2 aromatic rings. The van der Waals surface area contributed by atoms with Crippen LogP contribution in [0.2, 0.25) is 0 Å². The van der Waals surface area contributed by atoms with Gasteiger partial charge in [-0.2, -0.15) is 4.31 Å². The molecule has 1 amide bonds. The molecule has 0 spiro atoms. The molecule has 11 heteroatoms. The lowest BCUT2D eigenvalue weighted by Gasteiger charge is -2.35. The minimum atomic E-state index is -3.70. The fraction of sp³-hybridized carbons (Fsp3) is 0.350. The molecule has 3 rings (SSSR count). The number of piperazine rings is 1. The van der Waals surface area contributed by atoms with Crippen LogP contribution >= 0.6 is 15.9 Å². The maximum absolute atomic E-state index is 12.8. The summed E-state index contributed by atoms with van der Waals surface area (Å²) in [6.45, 7) is 2.21. The van der Waals surface area contributed by atoms with E-state index in [4.69, 9.17) is 0 Å². The Morgan fingerprint density at radius 3 is 2.10 bits per heavy atom. The molecule has 1 aliphatic heterocycles. The van der Waals surface area contributed by atoms with Gasteiger partial charge in [0.05, 0.1) is 16.8 Å². The molecule has 0 N–H and O–H groups in total. The Morgan fingerprint density at radius 1 is 0.968 bits per heavy atom. The summed E-state index contributed by atoms with van der Waals surface area (Å²) in [7, 11) is -7.34. The number of benzene rings is 2. The third kappa shape index (κ3) is 5.46. The maximum Gasteiger partial charge on any atom is 0.243 e. The van der Waals surface area contributed by atoms with Crippen molar-refractivity contribution in [1.29, 1.82) is 0 Å². The zero-order valence-electron chi connectivity index (χ0n) is 17.2. The monoisotopic (exact) mass is 529 g/mol. The van der Waals surface area contributed by atoms with Gasteiger partial charge in [-0.3, -0.25) is 9.10 Å². The van der Waals surface area contributed by atoms with Gasteiger partial charge in [0.2, 0.25) is 26.0 Å². The Balaban J connectivity index is 1.69. The van der Waals surface area contributed by atoms with E-state index < -0.39 is 20.0 Å². The number of para-hydroxylation sites is 1. The van der Waals surface area contributed by atoms with Gasteiger partial charge in [0.15, 0.2) is 0 Å². The molecule has 0 bridgehead atoms. The van der Waals surface area contributed by atoms with Gasteiger partial charge in [-0.15, -0.1) is 0 Å². The molecule has 31 heavy (non-hydrogen) atoms. The van der Waals surface area contributed by atoms with Crippen LogP contribution in [0.1, 0.15) is 5.56 Å². The lowest BCUT2D eigenvalue weighted by molar-refractivity contribution is -0.130. The van der Waals surface area contributed by atoms with Gasteiger partial charge in [0.1, 0.15) is 6.54 Å². The lowest BCUT2D eigenvalue weighted by Crippen LogP contribution is -2.53. The van der Waals surface area contributed by atoms with Crippen molar-refractivity contribution in [2.75, 3.05) is 43.3 Å². The predicted molar refractivity (Wildman–Crippen MR) is 123 cm³/mol. The van der Waals surface area contributed by atoms with Crippen LogP contribution in [0.3, 0.4) is 0 Å². The van der Waals surface area contributed by atoms with Crippen molar-refractivity contribution in [3.05, 3.63) is 58.6 Å². The highest BCUT2D eigenvalue weighted by atomic mass is 79.9. The number of anilines is 1. The molecular formula is C20H24BrN3O5S2. The van der Waals surface area contributed by atoms with Gasteiger partial charge in [0, 0.05) is 30.7 Å². The Bertz CT molecular complexity index is 1160. The van der Waals surface area contributed by atoms with Crippen LogP contribution in [0.5, 0.6) is 0 Å². The molecule has 168 valence electrons. The summed E-state index contributed by atoms with van der Waals surface area (Å²) in [5.41, 5.74) is 1.34. The van der Waals surface area contributed by atoms with E-state index in [2.05, 4.69) is 15.9 Å². The first kappa shape index (κ1) is 23.7. The van der Waals surface area contributed by atoms with Gasteiger partial charge in [-0.1, -0.05) is 29.8 Å². The van der Waals surface area contributed by atoms with Crippen LogP contribution in [-0.2, 0) is 24.8 Å². The molecule has 0 radical (unpaired) electrons. The van der Waals surface area contributed by atoms with Crippen LogP contribution in [0.4, 0.5) is 5.69 Å². The molecule has 1 heterocycles. The second-order valence-corrected chi connectivity index (χ2v) is 12.0. The number of halogens is 1. The highest BCUT2D eigenvalue weighted by Gasteiger charge is 2.32. The van der Waals surface area contributed by atoms with Crippen molar-refractivity contribution in [2.45, 2.75) is 11.8 Å². The topological polar surface area (TPSA) is 95.1 Å². The summed E-state index contributed by atoms with van der Waals surface area (Å²) in [6.07, 6.45) is 1.05. The van der Waals surface area contributed by atoms with Crippen LogP contribution in [0, 0.1) is 6.92 Å². The summed E-state index contributed by atoms with van der Waals surface area (Å²) >= 11 is 3.33. The fourth-order valence-corrected chi connectivity index (χ4v) is 6.19. The number of carbonyl (C=O) groups excluding carboxylic acids is 1. The van der Waals surface area contributed by atoms with Crippen LogP contribution < -0.4 is 4.31 Å². The minimum absolute atomic E-state index is 0.149. The molecule has 0 atom stereocenters. The van der Waals surface area contributed by atoms with Crippen molar-refractivity contribution in [3.8, 4) is 0 Å². The van der Waals surface area contributed by atoms with E-state index in [0.717, 1.165) is 16.1 Å². The number of hydrogen-bond donors (Lipinski definition) is 0. The smallest absolute Gasteiger partial charge is 0.243 e. The first-order chi connectivity index (χ1) is 14.5. The molecule has 0 aliphatic carbocycles. The molecule has 0 saturated carbocycles. The van der Waals surface area contributed by atoms with Gasteiger partial charge in [-0.05, 0) is 47.1 Å². The second kappa shape index (κ2) is 9.27. The number of aryl methyl sites for hydroxylation is 1. The summed E-state index contributed by atoms with van der Waals surface area (Å²) < 4.78 is 53.3. The van der Waals surface area contributed by atoms with Crippen LogP contribution in [0.15, 0.2) is 57.9 Å². The highest BCUT2D eigenvalue weighted by Crippen LogP contribution is 2.27. The third-order valence-corrected chi connectivity index (χ3v) is 8.76. The van der Waals surface area contributed by atoms with E-state index in [9.17, 15) is 21.6 Å². The molecule has 0 aromatic heterocycles. The first-order valence-electron chi connectivity index (χ1n) is 9.57. The molecule has 1 saturated heterocycles. The minimum Gasteiger partial charge on any atom is -0.338 e. The van der Waals surface area contributed by atoms with Gasteiger partial charge < -0.3 is 4.90 Å². The largest absolute Gasteiger partial charge is 0.338 e. The fourth-order valence-electron chi connectivity index (χ4n) is 3.30. The summed E-state index contributed by atoms with van der Waals surface area (Å²) in [5, 5.41) is 0. The van der Waals surface area contributed by atoms with Gasteiger partial charge in [0.25, 0.3) is 0 Å². The average molecular weight is 530 g/mol. The van der Waals surface area contributed by atoms with Crippen molar-refractivity contribution < 1.29 is 21.6 Å². The van der Waals surface area contributed by atoms with E-state index in [1.54, 1.807) is 48.5 Å². The van der Waals surface area contributed by atoms with Crippen molar-refractivity contribution in [3.63, 3.8) is 0 Å². The van der Waals surface area contributed by atoms with Crippen molar-refractivity contribution in [2.24, 2.45) is 0 Å². The lowest BCUT2D eigenvalue weighted by atomic mass is 10.2. The van der Waals surface area contributed by atoms with E-state index in [1.165, 1.54) is 9.21 Å².